The number of halogens is 1. The normalized spacial score (nSPS) is 13.3. The standard InChI is InChI=1S/C15H13FN2O2/c16-11-5-6-12(13(14(11)17)15(19)20)18-7-9-3-1-2-4-10(9)8-18/h1-6H,7-8,17H2,(H,19,20). The first-order chi connectivity index (χ1) is 9.58. The zero-order chi connectivity index (χ0) is 14.3. The first kappa shape index (κ1) is 12.5. The predicted octanol–water partition coefficient (Wildman–Crippen LogP) is 2.63. The second-order valence-corrected chi connectivity index (χ2v) is 4.79. The summed E-state index contributed by atoms with van der Waals surface area (Å²) in [5.41, 5.74) is 7.83. The smallest absolute Gasteiger partial charge is 0.340 e. The van der Waals surface area contributed by atoms with E-state index in [1.807, 2.05) is 29.2 Å². The van der Waals surface area contributed by atoms with Crippen LogP contribution in [0.2, 0.25) is 0 Å². The van der Waals surface area contributed by atoms with E-state index in [2.05, 4.69) is 0 Å². The largest absolute Gasteiger partial charge is 0.478 e. The van der Waals surface area contributed by atoms with Crippen molar-refractivity contribution in [1.29, 1.82) is 0 Å². The predicted molar refractivity (Wildman–Crippen MR) is 74.1 cm³/mol. The van der Waals surface area contributed by atoms with Crippen molar-refractivity contribution in [2.24, 2.45) is 0 Å². The molecule has 102 valence electrons. The van der Waals surface area contributed by atoms with Crippen LogP contribution in [0.25, 0.3) is 0 Å². The van der Waals surface area contributed by atoms with Crippen LogP contribution in [0.3, 0.4) is 0 Å². The summed E-state index contributed by atoms with van der Waals surface area (Å²) in [5.74, 6) is -1.92. The van der Waals surface area contributed by atoms with Gasteiger partial charge in [-0.2, -0.15) is 0 Å². The first-order valence-corrected chi connectivity index (χ1v) is 6.21. The van der Waals surface area contributed by atoms with E-state index >= 15 is 0 Å². The minimum Gasteiger partial charge on any atom is -0.478 e. The minimum absolute atomic E-state index is 0.169. The number of rotatable bonds is 2. The molecule has 0 saturated heterocycles. The molecule has 2 aromatic carbocycles. The lowest BCUT2D eigenvalue weighted by atomic mass is 10.1. The summed E-state index contributed by atoms with van der Waals surface area (Å²) in [6, 6.07) is 10.6. The lowest BCUT2D eigenvalue weighted by Crippen LogP contribution is -2.19. The van der Waals surface area contributed by atoms with Crippen molar-refractivity contribution in [2.45, 2.75) is 13.1 Å². The molecule has 0 aliphatic carbocycles. The molecule has 3 N–H and O–H groups in total. The number of anilines is 2. The van der Waals surface area contributed by atoms with Crippen LogP contribution in [-0.4, -0.2) is 11.1 Å². The van der Waals surface area contributed by atoms with Crippen molar-refractivity contribution in [3.05, 3.63) is 58.9 Å². The molecule has 0 spiro atoms. The fourth-order valence-corrected chi connectivity index (χ4v) is 2.57. The van der Waals surface area contributed by atoms with E-state index in [9.17, 15) is 14.3 Å². The van der Waals surface area contributed by atoms with Gasteiger partial charge in [-0.3, -0.25) is 0 Å². The Bertz CT molecular complexity index is 675. The summed E-state index contributed by atoms with van der Waals surface area (Å²) in [5, 5.41) is 9.27. The zero-order valence-electron chi connectivity index (χ0n) is 10.6. The molecule has 0 radical (unpaired) electrons. The van der Waals surface area contributed by atoms with Gasteiger partial charge in [0.05, 0.1) is 11.4 Å². The van der Waals surface area contributed by atoms with Crippen LogP contribution in [0.15, 0.2) is 36.4 Å². The van der Waals surface area contributed by atoms with E-state index in [1.54, 1.807) is 0 Å². The molecule has 20 heavy (non-hydrogen) atoms. The first-order valence-electron chi connectivity index (χ1n) is 6.21. The molecule has 0 unspecified atom stereocenters. The summed E-state index contributed by atoms with van der Waals surface area (Å²) >= 11 is 0. The van der Waals surface area contributed by atoms with Crippen molar-refractivity contribution in [1.82, 2.24) is 0 Å². The second-order valence-electron chi connectivity index (χ2n) is 4.79. The molecule has 3 rings (SSSR count). The average Bonchev–Trinajstić information content (AvgIpc) is 2.84. The molecular weight excluding hydrogens is 259 g/mol. The lowest BCUT2D eigenvalue weighted by Gasteiger charge is -2.21. The number of carboxylic acid groups (broad SMARTS) is 1. The van der Waals surface area contributed by atoms with Gasteiger partial charge in [0.15, 0.2) is 0 Å². The highest BCUT2D eigenvalue weighted by atomic mass is 19.1. The van der Waals surface area contributed by atoms with Crippen LogP contribution in [-0.2, 0) is 13.1 Å². The van der Waals surface area contributed by atoms with Crippen molar-refractivity contribution in [3.8, 4) is 0 Å². The highest BCUT2D eigenvalue weighted by Gasteiger charge is 2.25. The van der Waals surface area contributed by atoms with Gasteiger partial charge in [-0.05, 0) is 23.3 Å². The quantitative estimate of drug-likeness (QED) is 0.825. The van der Waals surface area contributed by atoms with Crippen molar-refractivity contribution >= 4 is 17.3 Å². The van der Waals surface area contributed by atoms with Gasteiger partial charge in [0.2, 0.25) is 0 Å². The summed E-state index contributed by atoms with van der Waals surface area (Å²) in [6.07, 6.45) is 0. The Morgan fingerprint density at radius 3 is 2.30 bits per heavy atom. The van der Waals surface area contributed by atoms with E-state index < -0.39 is 11.8 Å². The van der Waals surface area contributed by atoms with Gasteiger partial charge in [-0.25, -0.2) is 9.18 Å². The van der Waals surface area contributed by atoms with Gasteiger partial charge >= 0.3 is 5.97 Å². The third-order valence-electron chi connectivity index (χ3n) is 3.57. The zero-order valence-corrected chi connectivity index (χ0v) is 10.6. The number of carboxylic acids is 1. The monoisotopic (exact) mass is 272 g/mol. The molecule has 0 atom stereocenters. The fourth-order valence-electron chi connectivity index (χ4n) is 2.57. The highest BCUT2D eigenvalue weighted by Crippen LogP contribution is 2.34. The molecular formula is C15H13FN2O2. The Labute approximate surface area is 115 Å². The molecule has 2 aromatic rings. The van der Waals surface area contributed by atoms with Gasteiger partial charge in [-0.1, -0.05) is 24.3 Å². The maximum Gasteiger partial charge on any atom is 0.340 e. The van der Waals surface area contributed by atoms with Gasteiger partial charge in [0, 0.05) is 13.1 Å². The van der Waals surface area contributed by atoms with E-state index in [0.29, 0.717) is 18.8 Å². The molecule has 0 aromatic heterocycles. The molecule has 1 aliphatic rings. The summed E-state index contributed by atoms with van der Waals surface area (Å²) < 4.78 is 13.5. The van der Waals surface area contributed by atoms with Gasteiger partial charge in [0.25, 0.3) is 0 Å². The van der Waals surface area contributed by atoms with Gasteiger partial charge in [0.1, 0.15) is 11.4 Å². The number of nitrogens with zero attached hydrogens (tertiary/aromatic N) is 1. The topological polar surface area (TPSA) is 66.6 Å². The SMILES string of the molecule is Nc1c(F)ccc(N2Cc3ccccc3C2)c1C(=O)O. The fraction of sp³-hybridized carbons (Fsp3) is 0.133. The molecule has 0 saturated carbocycles. The van der Waals surface area contributed by atoms with Crippen LogP contribution in [0.5, 0.6) is 0 Å². The third kappa shape index (κ3) is 1.87. The minimum atomic E-state index is -1.21. The van der Waals surface area contributed by atoms with Crippen LogP contribution < -0.4 is 10.6 Å². The number of benzene rings is 2. The molecule has 1 heterocycles. The van der Waals surface area contributed by atoms with E-state index in [4.69, 9.17) is 5.73 Å². The Kier molecular flexibility index (Phi) is 2.82. The summed E-state index contributed by atoms with van der Waals surface area (Å²) in [6.45, 7) is 1.20. The number of carbonyl (C=O) groups is 1. The van der Waals surface area contributed by atoms with E-state index in [1.165, 1.54) is 12.1 Å². The van der Waals surface area contributed by atoms with Gasteiger partial charge in [-0.15, -0.1) is 0 Å². The summed E-state index contributed by atoms with van der Waals surface area (Å²) in [7, 11) is 0. The van der Waals surface area contributed by atoms with Crippen LogP contribution >= 0.6 is 0 Å². The molecule has 0 fully saturated rings. The Hall–Kier alpha value is -2.56. The van der Waals surface area contributed by atoms with E-state index in [-0.39, 0.29) is 11.3 Å². The molecule has 0 amide bonds. The highest BCUT2D eigenvalue weighted by molar-refractivity contribution is 6.00. The third-order valence-corrected chi connectivity index (χ3v) is 3.57. The lowest BCUT2D eigenvalue weighted by molar-refractivity contribution is 0.0698. The van der Waals surface area contributed by atoms with Crippen LogP contribution in [0.1, 0.15) is 21.5 Å². The average molecular weight is 272 g/mol. The van der Waals surface area contributed by atoms with Crippen LogP contribution in [0, 0.1) is 5.82 Å². The molecule has 1 aliphatic heterocycles. The number of nitrogens with two attached hydrogens (primary N) is 1. The number of hydrogen-bond donors (Lipinski definition) is 2. The van der Waals surface area contributed by atoms with Gasteiger partial charge < -0.3 is 15.7 Å². The molecule has 4 nitrogen and oxygen atoms in total. The maximum atomic E-state index is 13.5. The number of aromatic carboxylic acids is 1. The number of nitrogen functional groups attached to an aromatic ring is 1. The summed E-state index contributed by atoms with van der Waals surface area (Å²) in [4.78, 5) is 13.2. The van der Waals surface area contributed by atoms with Crippen molar-refractivity contribution in [2.75, 3.05) is 10.6 Å². The Balaban J connectivity index is 2.05. The molecule has 0 bridgehead atoms. The second kappa shape index (κ2) is 4.52. The number of fused-ring (bicyclic) bond motifs is 1. The van der Waals surface area contributed by atoms with Crippen LogP contribution in [0.4, 0.5) is 15.8 Å². The van der Waals surface area contributed by atoms with E-state index in [0.717, 1.165) is 11.1 Å². The Morgan fingerprint density at radius 1 is 1.15 bits per heavy atom. The Morgan fingerprint density at radius 2 is 1.75 bits per heavy atom. The number of hydrogen-bond acceptors (Lipinski definition) is 3. The van der Waals surface area contributed by atoms with Crippen molar-refractivity contribution in [3.63, 3.8) is 0 Å². The maximum absolute atomic E-state index is 13.5. The van der Waals surface area contributed by atoms with Crippen molar-refractivity contribution < 1.29 is 14.3 Å². The molecule has 5 heteroatoms.